The molecule has 17 fully saturated rings. The molecule has 23 heteroatoms. The largest absolute Gasteiger partial charge is 0.497 e. The molecule has 16 nitrogen and oxygen atoms in total. The highest BCUT2D eigenvalue weighted by atomic mass is 32.2. The van der Waals surface area contributed by atoms with E-state index in [-0.39, 0.29) is 62.7 Å². The summed E-state index contributed by atoms with van der Waals surface area (Å²) in [5, 5.41) is 0. The van der Waals surface area contributed by atoms with Gasteiger partial charge in [0, 0.05) is 126 Å². The van der Waals surface area contributed by atoms with Gasteiger partial charge in [-0.3, -0.25) is 0 Å². The van der Waals surface area contributed by atoms with E-state index in [1.54, 1.807) is 49.5 Å². The number of esters is 3. The van der Waals surface area contributed by atoms with Crippen LogP contribution in [0.3, 0.4) is 0 Å². The zero-order valence-corrected chi connectivity index (χ0v) is 90.5. The van der Waals surface area contributed by atoms with Crippen LogP contribution in [0.25, 0.3) is 0 Å². The summed E-state index contributed by atoms with van der Waals surface area (Å²) in [6.07, 6.45) is 18.9. The molecule has 10 aliphatic heterocycles. The molecule has 5 spiro atoms. The first-order valence-corrected chi connectivity index (χ1v) is 59.5. The summed E-state index contributed by atoms with van der Waals surface area (Å²) in [5.41, 5.74) is 15.5. The second-order valence-corrected chi connectivity index (χ2v) is 54.8. The third-order valence-electron chi connectivity index (χ3n) is 35.4. The number of hydrogen-bond donors (Lipinski definition) is 0. The van der Waals surface area contributed by atoms with E-state index in [0.29, 0.717) is 29.6 Å². The summed E-state index contributed by atoms with van der Waals surface area (Å²) in [6, 6.07) is 74.1. The number of thioether (sulfide) groups is 4. The number of rotatable bonds is 11. The lowest BCUT2D eigenvalue weighted by molar-refractivity contribution is -0.216. The van der Waals surface area contributed by atoms with Gasteiger partial charge in [-0.05, 0) is 320 Å². The number of hydrogen-bond acceptors (Lipinski definition) is 23. The molecule has 0 N–H and O–H groups in total. The van der Waals surface area contributed by atoms with E-state index < -0.39 is 35.2 Å². The molecule has 32 rings (SSSR count). The monoisotopic (exact) mass is 2070 g/mol. The maximum absolute atomic E-state index is 13.8. The normalized spacial score (nSPS) is 32.5. The first-order chi connectivity index (χ1) is 70.2. The van der Waals surface area contributed by atoms with Crippen LogP contribution in [0, 0.1) is 59.2 Å². The van der Waals surface area contributed by atoms with Crippen LogP contribution in [0.1, 0.15) is 255 Å². The molecule has 0 amide bonds. The van der Waals surface area contributed by atoms with Gasteiger partial charge in [0.15, 0.2) is 17.8 Å². The zero-order valence-electron chi connectivity index (χ0n) is 84.8. The predicted octanol–water partition coefficient (Wildman–Crippen LogP) is 28.8. The Kier molecular flexibility index (Phi) is 25.5. The highest BCUT2D eigenvalue weighted by Crippen LogP contribution is 2.69. The molecule has 6 atom stereocenters. The van der Waals surface area contributed by atoms with Crippen molar-refractivity contribution in [1.29, 1.82) is 0 Å². The van der Waals surface area contributed by atoms with E-state index in [0.717, 1.165) is 183 Å². The molecular weight excluding hydrogens is 1940 g/mol. The average molecular weight is 2080 g/mol. The molecule has 12 bridgehead atoms. The SMILES string of the molecule is CC(C)c1ccc2c(c1)C1(OCC(C(=O)OC3(C)C4CC5CC(C4)CC3C5)O1)c1ccccc1S2.CC(C)c1ccc2c(c1)C1(OCC(C(=O)OC34CC5CC(CC(C5)C3)C4)O1)c1ccccc1S2.CC(C)c1ccc2c(c1)C1(OCC(C)(C(=O)OC34CC5CC(CC(C5)C3)C4)O1)c1ccccc1S2.COc1ccc2c(c1)C1(SCCS1)c1ccccc1N2C.COc1ccc2c(c1)C1(SCCS1)c1ccccc1O2. The molecule has 6 unspecified atom stereocenters. The number of para-hydroxylation sites is 2. The van der Waals surface area contributed by atoms with Gasteiger partial charge in [0.25, 0.3) is 0 Å². The predicted molar refractivity (Wildman–Crippen MR) is 577 cm³/mol. The third kappa shape index (κ3) is 16.9. The highest BCUT2D eigenvalue weighted by Gasteiger charge is 2.65. The van der Waals surface area contributed by atoms with Crippen LogP contribution >= 0.6 is 82.3 Å². The van der Waals surface area contributed by atoms with Crippen LogP contribution in [-0.2, 0) is 82.5 Å². The van der Waals surface area contributed by atoms with Crippen molar-refractivity contribution in [2.45, 2.75) is 272 Å². The van der Waals surface area contributed by atoms with Crippen molar-refractivity contribution in [2.75, 3.05) is 69.0 Å². The first kappa shape index (κ1) is 97.8. The van der Waals surface area contributed by atoms with Gasteiger partial charge in [0.2, 0.25) is 17.4 Å². The van der Waals surface area contributed by atoms with Gasteiger partial charge in [-0.2, -0.15) is 0 Å². The number of fused-ring (bicyclic) bond motifs is 20. The van der Waals surface area contributed by atoms with Crippen LogP contribution in [0.5, 0.6) is 23.0 Å². The molecule has 10 aromatic rings. The van der Waals surface area contributed by atoms with E-state index in [2.05, 4.69) is 242 Å². The van der Waals surface area contributed by atoms with Crippen molar-refractivity contribution in [3.63, 3.8) is 0 Å². The van der Waals surface area contributed by atoms with Crippen molar-refractivity contribution in [3.05, 3.63) is 285 Å². The average Bonchev–Trinajstić information content (AvgIpc) is 1.55. The summed E-state index contributed by atoms with van der Waals surface area (Å²) in [7, 11) is 5.60. The minimum atomic E-state index is -1.15. The summed E-state index contributed by atoms with van der Waals surface area (Å²) >= 11 is 13.3. The fraction of sp³-hybridized carbons (Fsp3) is 0.484. The standard InChI is InChI=1S/2C30H34O4S.C29H32O4S.C17H17NOS2.C16H14O2S2/c1-18(2)22-8-9-26-24(13-22)30(23-6-4-5-7-25(23)35-26)32-17-28(3,34-30)27(31)33-29-14-19-10-20(15-29)12-21(11-19)16-29;1-17(2)20-8-9-27-24(15-20)30(23-6-4-5-7-26(23)35-27)32-16-25(33-30)28(31)34-29(3)21-11-18-10-19(13-21)14-22(29)12-18;1-17(2)21-7-8-26-23(12-21)29(22-5-3-4-6-25(22)34-26)31-16-24(32-29)27(30)33-28-13-18-9-19(14-28)11-20(10-18)15-28;1-18-15-6-4-3-5-13(15)17(20-9-10-21-17)14-11-12(19-2)7-8-16(14)18;1-17-11-6-7-15-13(10-11)16(19-8-9-20-16)12-4-2-3-5-14(12)18-15/h4-9,13,18-21H,10-12,14-17H2,1-3H3;4-9,15,17-19,21-22,25H,10-14,16H2,1-3H3;3-8,12,17-20,24H,9-11,13-16H2,1-2H3;3-8,11H,9-10H2,1-2H3;2-7,10H,8-9H2,1H3. The van der Waals surface area contributed by atoms with Crippen LogP contribution in [0.15, 0.2) is 242 Å². The van der Waals surface area contributed by atoms with Crippen LogP contribution < -0.4 is 19.1 Å². The molecule has 10 aromatic carbocycles. The number of nitrogens with zero attached hydrogens (tertiary/aromatic N) is 1. The molecule has 0 aromatic heterocycles. The van der Waals surface area contributed by atoms with Gasteiger partial charge in [-0.15, -0.1) is 47.0 Å². The highest BCUT2D eigenvalue weighted by molar-refractivity contribution is 8.21. The van der Waals surface area contributed by atoms with Gasteiger partial charge >= 0.3 is 17.9 Å². The maximum Gasteiger partial charge on any atom is 0.341 e. The Morgan fingerprint density at radius 2 is 0.731 bits per heavy atom. The summed E-state index contributed by atoms with van der Waals surface area (Å²) in [4.78, 5) is 50.0. The lowest BCUT2D eigenvalue weighted by atomic mass is 9.50. The fourth-order valence-electron chi connectivity index (χ4n) is 29.2. The van der Waals surface area contributed by atoms with Gasteiger partial charge in [0.05, 0.1) is 34.0 Å². The van der Waals surface area contributed by atoms with Gasteiger partial charge in [-0.25, -0.2) is 14.4 Å². The number of benzene rings is 10. The van der Waals surface area contributed by atoms with Gasteiger partial charge in [0.1, 0.15) is 48.0 Å². The molecule has 0 radical (unpaired) electrons. The number of carbonyl (C=O) groups excluding carboxylic acids is 3. The summed E-state index contributed by atoms with van der Waals surface area (Å²) in [6.45, 7) is 17.8. The van der Waals surface area contributed by atoms with E-state index >= 15 is 0 Å². The molecule has 22 aliphatic rings. The first-order valence-electron chi connectivity index (χ1n) is 53.1. The van der Waals surface area contributed by atoms with Crippen molar-refractivity contribution in [1.82, 2.24) is 0 Å². The van der Waals surface area contributed by atoms with Crippen molar-refractivity contribution >= 4 is 112 Å². The Morgan fingerprint density at radius 3 is 1.20 bits per heavy atom. The fourth-order valence-corrected chi connectivity index (χ4v) is 39.4. The Balaban J connectivity index is 0.0000000964. The molecule has 145 heavy (non-hydrogen) atoms. The van der Waals surface area contributed by atoms with E-state index in [4.69, 9.17) is 56.8 Å². The molecule has 12 aliphatic carbocycles. The van der Waals surface area contributed by atoms with Crippen LogP contribution in [0.4, 0.5) is 11.4 Å². The zero-order chi connectivity index (χ0) is 99.1. The van der Waals surface area contributed by atoms with Crippen LogP contribution in [0.2, 0.25) is 0 Å². The lowest BCUT2D eigenvalue weighted by Crippen LogP contribution is -2.58. The molecule has 10 heterocycles. The third-order valence-corrected chi connectivity index (χ3v) is 45.8. The van der Waals surface area contributed by atoms with E-state index in [1.807, 2.05) is 85.0 Å². The maximum atomic E-state index is 13.8. The number of carbonyl (C=O) groups is 3. The quantitative estimate of drug-likeness (QED) is 0.0886. The summed E-state index contributed by atoms with van der Waals surface area (Å²) < 4.78 is 75.9. The molecule has 12 saturated carbocycles. The lowest BCUT2D eigenvalue weighted by Gasteiger charge is -2.59. The van der Waals surface area contributed by atoms with E-state index in [1.165, 1.54) is 132 Å². The Labute approximate surface area is 883 Å². The minimum Gasteiger partial charge on any atom is -0.497 e. The van der Waals surface area contributed by atoms with Gasteiger partial charge in [-0.1, -0.05) is 186 Å². The second kappa shape index (κ2) is 37.8. The number of ether oxygens (including phenoxy) is 12. The van der Waals surface area contributed by atoms with Crippen molar-refractivity contribution in [2.24, 2.45) is 59.2 Å². The van der Waals surface area contributed by atoms with E-state index in [9.17, 15) is 14.4 Å². The Hall–Kier alpha value is -7.98. The topological polar surface area (TPSA) is 165 Å². The number of anilines is 2. The molecule has 5 saturated heterocycles. The van der Waals surface area contributed by atoms with Gasteiger partial charge < -0.3 is 61.7 Å². The smallest absolute Gasteiger partial charge is 0.341 e. The Morgan fingerprint density at radius 1 is 0.359 bits per heavy atom. The minimum absolute atomic E-state index is 0.0208. The Bertz CT molecular complexity index is 6630. The molecule has 756 valence electrons. The van der Waals surface area contributed by atoms with Crippen molar-refractivity contribution < 1.29 is 71.2 Å². The van der Waals surface area contributed by atoms with Crippen LogP contribution in [-0.4, -0.2) is 117 Å². The molecular formula is C122H131NO15S7. The van der Waals surface area contributed by atoms with Crippen molar-refractivity contribution in [3.8, 4) is 23.0 Å². The summed E-state index contributed by atoms with van der Waals surface area (Å²) in [5.74, 6) is 12.6. The second-order valence-electron chi connectivity index (χ2n) is 45.8. The number of methoxy groups -OCH3 is 2.